The Hall–Kier alpha value is -2.74. The summed E-state index contributed by atoms with van der Waals surface area (Å²) in [5.74, 6) is -0.0156. The third-order valence-corrected chi connectivity index (χ3v) is 4.73. The molecule has 0 unspecified atom stereocenters. The Morgan fingerprint density at radius 1 is 1.04 bits per heavy atom. The highest BCUT2D eigenvalue weighted by Crippen LogP contribution is 2.23. The molecular weight excluding hydrogens is 360 g/mol. The van der Waals surface area contributed by atoms with E-state index in [1.807, 2.05) is 44.2 Å². The van der Waals surface area contributed by atoms with Crippen LogP contribution in [0.1, 0.15) is 35.3 Å². The van der Waals surface area contributed by atoms with Gasteiger partial charge in [-0.2, -0.15) is 0 Å². The molecule has 0 aliphatic rings. The monoisotopic (exact) mass is 382 g/mol. The largest absolute Gasteiger partial charge is 0.346 e. The van der Waals surface area contributed by atoms with Gasteiger partial charge in [0.1, 0.15) is 5.00 Å². The fourth-order valence-electron chi connectivity index (χ4n) is 2.52. The van der Waals surface area contributed by atoms with E-state index in [0.29, 0.717) is 23.2 Å². The highest BCUT2D eigenvalue weighted by molar-refractivity contribution is 7.10. The second kappa shape index (κ2) is 8.77. The molecule has 0 saturated carbocycles. The van der Waals surface area contributed by atoms with Crippen molar-refractivity contribution in [3.05, 3.63) is 81.6 Å². The van der Waals surface area contributed by atoms with E-state index in [4.69, 9.17) is 0 Å². The highest BCUT2D eigenvalue weighted by Gasteiger charge is 2.12. The molecule has 3 rings (SSSR count). The molecule has 3 aromatic rings. The number of ketones is 1. The van der Waals surface area contributed by atoms with Crippen molar-refractivity contribution in [1.82, 2.24) is 15.2 Å². The lowest BCUT2D eigenvalue weighted by molar-refractivity contribution is 0.103. The van der Waals surface area contributed by atoms with Crippen LogP contribution in [0.3, 0.4) is 0 Å². The molecule has 0 amide bonds. The summed E-state index contributed by atoms with van der Waals surface area (Å²) in [4.78, 5) is 24.5. The molecule has 0 fully saturated rings. The maximum absolute atomic E-state index is 12.5. The van der Waals surface area contributed by atoms with Gasteiger partial charge in [0.15, 0.2) is 5.78 Å². The van der Waals surface area contributed by atoms with Crippen molar-refractivity contribution in [2.45, 2.75) is 26.4 Å². The Balaban J connectivity index is 1.70. The summed E-state index contributed by atoms with van der Waals surface area (Å²) in [6.45, 7) is 4.44. The number of aromatic nitrogens is 1. The lowest BCUT2D eigenvalue weighted by atomic mass is 10.0. The Bertz CT molecular complexity index is 946. The van der Waals surface area contributed by atoms with Crippen LogP contribution in [0.4, 0.5) is 10.7 Å². The van der Waals surface area contributed by atoms with Gasteiger partial charge in [0.05, 0.1) is 5.56 Å². The van der Waals surface area contributed by atoms with Crippen molar-refractivity contribution in [3.63, 3.8) is 0 Å². The second-order valence-electron chi connectivity index (χ2n) is 6.39. The van der Waals surface area contributed by atoms with Crippen LogP contribution in [0.2, 0.25) is 0 Å². The second-order valence-corrected chi connectivity index (χ2v) is 7.21. The van der Waals surface area contributed by atoms with E-state index < -0.39 is 0 Å². The Kier molecular flexibility index (Phi) is 6.18. The standard InChI is InChI=1S/C20H22N4O2S/c1-13(2)23-21-12-17-19(26)24-27-20(17)22-16-10-8-15(9-11-16)18(25)14-6-4-3-5-7-14/h3-11,13,21-23H,12H2,1-2H3,(H,24,26). The molecule has 0 atom stereocenters. The minimum absolute atomic E-state index is 0.0156. The summed E-state index contributed by atoms with van der Waals surface area (Å²) in [5, 5.41) is 4.00. The van der Waals surface area contributed by atoms with Gasteiger partial charge >= 0.3 is 0 Å². The van der Waals surface area contributed by atoms with Crippen LogP contribution in [-0.2, 0) is 6.54 Å². The van der Waals surface area contributed by atoms with Crippen LogP contribution in [0, 0.1) is 0 Å². The summed E-state index contributed by atoms with van der Waals surface area (Å²) in [5.41, 5.74) is 8.74. The highest BCUT2D eigenvalue weighted by atomic mass is 32.1. The van der Waals surface area contributed by atoms with Crippen LogP contribution in [0.15, 0.2) is 59.4 Å². The van der Waals surface area contributed by atoms with Crippen LogP contribution < -0.4 is 21.7 Å². The van der Waals surface area contributed by atoms with E-state index in [-0.39, 0.29) is 17.4 Å². The zero-order valence-corrected chi connectivity index (χ0v) is 16.0. The molecule has 6 nitrogen and oxygen atoms in total. The average molecular weight is 382 g/mol. The van der Waals surface area contributed by atoms with E-state index in [9.17, 15) is 9.59 Å². The van der Waals surface area contributed by atoms with E-state index in [1.54, 1.807) is 24.3 Å². The van der Waals surface area contributed by atoms with Crippen molar-refractivity contribution in [1.29, 1.82) is 0 Å². The average Bonchev–Trinajstić information content (AvgIpc) is 3.02. The van der Waals surface area contributed by atoms with Crippen LogP contribution in [0.5, 0.6) is 0 Å². The first-order valence-electron chi connectivity index (χ1n) is 8.70. The fraction of sp³-hybridized carbons (Fsp3) is 0.200. The Morgan fingerprint density at radius 2 is 1.70 bits per heavy atom. The van der Waals surface area contributed by atoms with Crippen molar-refractivity contribution in [2.75, 3.05) is 5.32 Å². The third kappa shape index (κ3) is 4.91. The SMILES string of the molecule is CC(C)NNCc1c(Nc2ccc(C(=O)c3ccccc3)cc2)s[nH]c1=O. The minimum Gasteiger partial charge on any atom is -0.346 e. The molecule has 7 heteroatoms. The predicted molar refractivity (Wildman–Crippen MR) is 110 cm³/mol. The van der Waals surface area contributed by atoms with Gasteiger partial charge in [0, 0.05) is 29.4 Å². The first kappa shape index (κ1) is 19.0. The zero-order chi connectivity index (χ0) is 19.2. The smallest absolute Gasteiger partial charge is 0.264 e. The molecular formula is C20H22N4O2S. The van der Waals surface area contributed by atoms with Crippen molar-refractivity contribution < 1.29 is 4.79 Å². The Labute approximate surface area is 161 Å². The lowest BCUT2D eigenvalue weighted by Gasteiger charge is -2.10. The van der Waals surface area contributed by atoms with Crippen molar-refractivity contribution >= 4 is 28.0 Å². The molecule has 0 radical (unpaired) electrons. The quantitative estimate of drug-likeness (QED) is 0.354. The summed E-state index contributed by atoms with van der Waals surface area (Å²) in [6, 6.07) is 16.7. The maximum Gasteiger partial charge on any atom is 0.264 e. The normalized spacial score (nSPS) is 10.9. The van der Waals surface area contributed by atoms with Gasteiger partial charge in [-0.25, -0.2) is 0 Å². The summed E-state index contributed by atoms with van der Waals surface area (Å²) in [7, 11) is 0. The summed E-state index contributed by atoms with van der Waals surface area (Å²) < 4.78 is 2.75. The van der Waals surface area contributed by atoms with Crippen LogP contribution >= 0.6 is 11.5 Å². The molecule has 0 spiro atoms. The molecule has 1 aromatic heterocycles. The number of carbonyl (C=O) groups is 1. The lowest BCUT2D eigenvalue weighted by Crippen LogP contribution is -2.37. The third-order valence-electron chi connectivity index (χ3n) is 3.89. The Morgan fingerprint density at radius 3 is 2.37 bits per heavy atom. The number of nitrogens with one attached hydrogen (secondary N) is 4. The van der Waals surface area contributed by atoms with Gasteiger partial charge in [-0.1, -0.05) is 30.3 Å². The van der Waals surface area contributed by atoms with Gasteiger partial charge in [-0.05, 0) is 49.6 Å². The van der Waals surface area contributed by atoms with Gasteiger partial charge in [-0.3, -0.25) is 24.8 Å². The van der Waals surface area contributed by atoms with Crippen LogP contribution in [0.25, 0.3) is 0 Å². The first-order chi connectivity index (χ1) is 13.0. The van der Waals surface area contributed by atoms with E-state index in [2.05, 4.69) is 20.5 Å². The molecule has 27 heavy (non-hydrogen) atoms. The van der Waals surface area contributed by atoms with Gasteiger partial charge in [-0.15, -0.1) is 0 Å². The van der Waals surface area contributed by atoms with Crippen molar-refractivity contribution in [2.24, 2.45) is 0 Å². The molecule has 1 heterocycles. The number of hydrogen-bond donors (Lipinski definition) is 4. The van der Waals surface area contributed by atoms with Gasteiger partial charge in [0.2, 0.25) is 0 Å². The fourth-order valence-corrected chi connectivity index (χ4v) is 3.30. The number of aromatic amines is 1. The topological polar surface area (TPSA) is 86.0 Å². The minimum atomic E-state index is -0.114. The first-order valence-corrected chi connectivity index (χ1v) is 9.52. The maximum atomic E-state index is 12.5. The number of anilines is 2. The number of rotatable bonds is 8. The van der Waals surface area contributed by atoms with E-state index >= 15 is 0 Å². The molecule has 0 aliphatic heterocycles. The van der Waals surface area contributed by atoms with Gasteiger partial charge in [0.25, 0.3) is 5.56 Å². The van der Waals surface area contributed by atoms with Crippen molar-refractivity contribution in [3.8, 4) is 0 Å². The van der Waals surface area contributed by atoms with E-state index in [1.165, 1.54) is 11.5 Å². The molecule has 140 valence electrons. The zero-order valence-electron chi connectivity index (χ0n) is 15.2. The molecule has 0 saturated heterocycles. The number of hydrogen-bond acceptors (Lipinski definition) is 6. The van der Waals surface area contributed by atoms with Gasteiger partial charge < -0.3 is 5.32 Å². The summed E-state index contributed by atoms with van der Waals surface area (Å²) >= 11 is 1.25. The molecule has 4 N–H and O–H groups in total. The number of carbonyl (C=O) groups excluding carboxylic acids is 1. The summed E-state index contributed by atoms with van der Waals surface area (Å²) in [6.07, 6.45) is 0. The molecule has 0 bridgehead atoms. The van der Waals surface area contributed by atoms with Crippen LogP contribution in [-0.4, -0.2) is 16.2 Å². The number of benzene rings is 2. The van der Waals surface area contributed by atoms with E-state index in [0.717, 1.165) is 10.7 Å². The molecule has 2 aromatic carbocycles. The number of hydrazine groups is 1. The predicted octanol–water partition coefficient (Wildman–Crippen LogP) is 3.41. The molecule has 0 aliphatic carbocycles. The number of H-pyrrole nitrogens is 1.